The van der Waals surface area contributed by atoms with Crippen LogP contribution in [0.25, 0.3) is 0 Å². The lowest BCUT2D eigenvalue weighted by molar-refractivity contribution is -0.134. The van der Waals surface area contributed by atoms with Crippen LogP contribution in [0, 0.1) is 5.41 Å². The molecular weight excluding hydrogens is 206 g/mol. The average molecular weight is 225 g/mol. The number of carbonyl (C=O) groups is 2. The van der Waals surface area contributed by atoms with E-state index in [4.69, 9.17) is 4.74 Å². The zero-order chi connectivity index (χ0) is 12.0. The normalized spacial score (nSPS) is 23.4. The van der Waals surface area contributed by atoms with Gasteiger partial charge in [0.15, 0.2) is 0 Å². The Labute approximate surface area is 95.9 Å². The molecule has 2 aliphatic rings. The molecular formula is C12H19NO3. The largest absolute Gasteiger partial charge is 0.444 e. The minimum Gasteiger partial charge on any atom is -0.444 e. The van der Waals surface area contributed by atoms with Gasteiger partial charge >= 0.3 is 6.09 Å². The van der Waals surface area contributed by atoms with E-state index in [1.165, 1.54) is 0 Å². The number of rotatable bonds is 0. The molecule has 1 saturated carbocycles. The SMILES string of the molecule is CC(C)(C)OC(=O)N1CC2(CCCC2=O)C1. The first-order valence-electron chi connectivity index (χ1n) is 5.84. The van der Waals surface area contributed by atoms with Crippen molar-refractivity contribution in [2.45, 2.75) is 45.6 Å². The summed E-state index contributed by atoms with van der Waals surface area (Å²) in [6, 6.07) is 0. The van der Waals surface area contributed by atoms with Crippen molar-refractivity contribution < 1.29 is 14.3 Å². The Morgan fingerprint density at radius 1 is 1.38 bits per heavy atom. The number of amides is 1. The van der Waals surface area contributed by atoms with Gasteiger partial charge in [-0.1, -0.05) is 0 Å². The molecule has 2 rings (SSSR count). The summed E-state index contributed by atoms with van der Waals surface area (Å²) in [6.45, 7) is 6.66. The van der Waals surface area contributed by atoms with Crippen LogP contribution in [-0.4, -0.2) is 35.5 Å². The molecule has 16 heavy (non-hydrogen) atoms. The first kappa shape index (κ1) is 11.4. The first-order chi connectivity index (χ1) is 7.32. The molecule has 0 radical (unpaired) electrons. The Kier molecular flexibility index (Phi) is 2.48. The lowest BCUT2D eigenvalue weighted by atomic mass is 9.78. The molecule has 0 aromatic rings. The third-order valence-electron chi connectivity index (χ3n) is 3.29. The van der Waals surface area contributed by atoms with Gasteiger partial charge < -0.3 is 9.64 Å². The second kappa shape index (κ2) is 3.47. The highest BCUT2D eigenvalue weighted by Crippen LogP contribution is 2.43. The molecule has 90 valence electrons. The molecule has 1 spiro atoms. The number of hydrogen-bond acceptors (Lipinski definition) is 3. The topological polar surface area (TPSA) is 46.6 Å². The van der Waals surface area contributed by atoms with Gasteiger partial charge in [-0.25, -0.2) is 4.79 Å². The van der Waals surface area contributed by atoms with Gasteiger partial charge in [0, 0.05) is 19.5 Å². The summed E-state index contributed by atoms with van der Waals surface area (Å²) in [4.78, 5) is 25.0. The summed E-state index contributed by atoms with van der Waals surface area (Å²) < 4.78 is 5.26. The lowest BCUT2D eigenvalue weighted by Crippen LogP contribution is -2.61. The molecule has 0 aromatic carbocycles. The van der Waals surface area contributed by atoms with E-state index in [-0.39, 0.29) is 11.5 Å². The average Bonchev–Trinajstić information content (AvgIpc) is 2.40. The molecule has 1 heterocycles. The predicted molar refractivity (Wildman–Crippen MR) is 59.1 cm³/mol. The lowest BCUT2D eigenvalue weighted by Gasteiger charge is -2.46. The molecule has 0 aromatic heterocycles. The Morgan fingerprint density at radius 3 is 2.44 bits per heavy atom. The van der Waals surface area contributed by atoms with E-state index in [1.807, 2.05) is 20.8 Å². The van der Waals surface area contributed by atoms with E-state index in [1.54, 1.807) is 4.90 Å². The molecule has 0 N–H and O–H groups in total. The smallest absolute Gasteiger partial charge is 0.410 e. The van der Waals surface area contributed by atoms with E-state index in [0.29, 0.717) is 25.3 Å². The van der Waals surface area contributed by atoms with Crippen molar-refractivity contribution in [3.8, 4) is 0 Å². The number of nitrogens with zero attached hydrogens (tertiary/aromatic N) is 1. The fourth-order valence-electron chi connectivity index (χ4n) is 2.47. The van der Waals surface area contributed by atoms with Crippen LogP contribution in [-0.2, 0) is 9.53 Å². The second-order valence-electron chi connectivity index (χ2n) is 5.89. The van der Waals surface area contributed by atoms with Gasteiger partial charge in [-0.15, -0.1) is 0 Å². The highest BCUT2D eigenvalue weighted by Gasteiger charge is 2.53. The van der Waals surface area contributed by atoms with Crippen molar-refractivity contribution in [3.05, 3.63) is 0 Å². The molecule has 1 saturated heterocycles. The summed E-state index contributed by atoms with van der Waals surface area (Å²) in [7, 11) is 0. The predicted octanol–water partition coefficient (Wildman–Crippen LogP) is 1.98. The van der Waals surface area contributed by atoms with Crippen LogP contribution in [0.3, 0.4) is 0 Å². The highest BCUT2D eigenvalue weighted by atomic mass is 16.6. The maximum Gasteiger partial charge on any atom is 0.410 e. The van der Waals surface area contributed by atoms with Crippen molar-refractivity contribution in [2.24, 2.45) is 5.41 Å². The Hall–Kier alpha value is -1.06. The number of carbonyl (C=O) groups excluding carboxylic acids is 2. The Bertz CT molecular complexity index is 324. The minimum atomic E-state index is -0.459. The van der Waals surface area contributed by atoms with Crippen LogP contribution >= 0.6 is 0 Å². The third-order valence-corrected chi connectivity index (χ3v) is 3.29. The third kappa shape index (κ3) is 1.93. The summed E-state index contributed by atoms with van der Waals surface area (Å²) in [5.74, 6) is 0.326. The second-order valence-corrected chi connectivity index (χ2v) is 5.89. The first-order valence-corrected chi connectivity index (χ1v) is 5.84. The van der Waals surface area contributed by atoms with E-state index in [9.17, 15) is 9.59 Å². The number of likely N-dealkylation sites (tertiary alicyclic amines) is 1. The fourth-order valence-corrected chi connectivity index (χ4v) is 2.47. The van der Waals surface area contributed by atoms with Crippen LogP contribution in [0.2, 0.25) is 0 Å². The Morgan fingerprint density at radius 2 is 2.00 bits per heavy atom. The number of hydrogen-bond donors (Lipinski definition) is 0. The highest BCUT2D eigenvalue weighted by molar-refractivity contribution is 5.90. The number of Topliss-reactive ketones (excluding diaryl/α,β-unsaturated/α-hetero) is 1. The van der Waals surface area contributed by atoms with Crippen LogP contribution in [0.15, 0.2) is 0 Å². The van der Waals surface area contributed by atoms with Crippen molar-refractivity contribution in [1.29, 1.82) is 0 Å². The quantitative estimate of drug-likeness (QED) is 0.633. The van der Waals surface area contributed by atoms with Crippen LogP contribution in [0.1, 0.15) is 40.0 Å². The zero-order valence-electron chi connectivity index (χ0n) is 10.2. The zero-order valence-corrected chi connectivity index (χ0v) is 10.2. The molecule has 0 bridgehead atoms. The van der Waals surface area contributed by atoms with E-state index in [0.717, 1.165) is 12.8 Å². The molecule has 0 atom stereocenters. The fraction of sp³-hybridized carbons (Fsp3) is 0.833. The van der Waals surface area contributed by atoms with Crippen LogP contribution in [0.4, 0.5) is 4.79 Å². The van der Waals surface area contributed by atoms with E-state index < -0.39 is 5.60 Å². The van der Waals surface area contributed by atoms with Gasteiger partial charge in [-0.05, 0) is 33.6 Å². The van der Waals surface area contributed by atoms with Crippen molar-refractivity contribution >= 4 is 11.9 Å². The van der Waals surface area contributed by atoms with Gasteiger partial charge in [-0.2, -0.15) is 0 Å². The summed E-state index contributed by atoms with van der Waals surface area (Å²) in [6.07, 6.45) is 2.30. The van der Waals surface area contributed by atoms with Crippen molar-refractivity contribution in [2.75, 3.05) is 13.1 Å². The van der Waals surface area contributed by atoms with Gasteiger partial charge in [0.05, 0.1) is 5.41 Å². The van der Waals surface area contributed by atoms with E-state index >= 15 is 0 Å². The maximum atomic E-state index is 11.7. The van der Waals surface area contributed by atoms with Gasteiger partial charge in [0.1, 0.15) is 11.4 Å². The molecule has 0 unspecified atom stereocenters. The summed E-state index contributed by atoms with van der Waals surface area (Å²) in [5.41, 5.74) is -0.670. The van der Waals surface area contributed by atoms with Crippen LogP contribution in [0.5, 0.6) is 0 Å². The number of ether oxygens (including phenoxy) is 1. The maximum absolute atomic E-state index is 11.7. The Balaban J connectivity index is 1.88. The summed E-state index contributed by atoms with van der Waals surface area (Å²) in [5, 5.41) is 0. The van der Waals surface area contributed by atoms with Gasteiger partial charge in [0.25, 0.3) is 0 Å². The van der Waals surface area contributed by atoms with Gasteiger partial charge in [0.2, 0.25) is 0 Å². The van der Waals surface area contributed by atoms with Crippen molar-refractivity contribution in [1.82, 2.24) is 4.90 Å². The standard InChI is InChI=1S/C12H19NO3/c1-11(2,3)16-10(15)13-7-12(8-13)6-4-5-9(12)14/h4-8H2,1-3H3. The van der Waals surface area contributed by atoms with Gasteiger partial charge in [-0.3, -0.25) is 4.79 Å². The minimum absolute atomic E-state index is 0.211. The molecule has 4 nitrogen and oxygen atoms in total. The molecule has 1 aliphatic heterocycles. The van der Waals surface area contributed by atoms with Crippen molar-refractivity contribution in [3.63, 3.8) is 0 Å². The summed E-state index contributed by atoms with van der Waals surface area (Å²) >= 11 is 0. The molecule has 4 heteroatoms. The van der Waals surface area contributed by atoms with E-state index in [2.05, 4.69) is 0 Å². The van der Waals surface area contributed by atoms with Crippen LogP contribution < -0.4 is 0 Å². The number of ketones is 1. The molecule has 2 fully saturated rings. The molecule has 1 aliphatic carbocycles. The molecule has 1 amide bonds. The monoisotopic (exact) mass is 225 g/mol.